The third-order valence-electron chi connectivity index (χ3n) is 4.48. The highest BCUT2D eigenvalue weighted by Crippen LogP contribution is 2.25. The zero-order valence-corrected chi connectivity index (χ0v) is 17.5. The van der Waals surface area contributed by atoms with E-state index < -0.39 is 7.25 Å². The molecular formula is C20H20BF4N3OS. The smallest absolute Gasteiger partial charge is 0.497 e. The average Bonchev–Trinajstić information content (AvgIpc) is 3.01. The second-order valence-electron chi connectivity index (χ2n) is 6.39. The summed E-state index contributed by atoms with van der Waals surface area (Å²) >= 11 is 1.68. The molecule has 4 rings (SSSR count). The predicted molar refractivity (Wildman–Crippen MR) is 113 cm³/mol. The molecule has 0 radical (unpaired) electrons. The lowest BCUT2D eigenvalue weighted by Gasteiger charge is -2.02. The molecule has 0 fully saturated rings. The van der Waals surface area contributed by atoms with E-state index in [0.717, 1.165) is 28.3 Å². The first-order chi connectivity index (χ1) is 14.2. The van der Waals surface area contributed by atoms with Crippen molar-refractivity contribution in [1.29, 1.82) is 0 Å². The Morgan fingerprint density at radius 3 is 2.47 bits per heavy atom. The summed E-state index contributed by atoms with van der Waals surface area (Å²) in [5.74, 6) is 0.870. The lowest BCUT2D eigenvalue weighted by Crippen LogP contribution is -2.32. The molecule has 30 heavy (non-hydrogen) atoms. The fourth-order valence-corrected chi connectivity index (χ4v) is 4.16. The second kappa shape index (κ2) is 8.87. The van der Waals surface area contributed by atoms with E-state index in [1.54, 1.807) is 18.4 Å². The maximum absolute atomic E-state index is 9.75. The van der Waals surface area contributed by atoms with Gasteiger partial charge in [-0.2, -0.15) is 4.57 Å². The van der Waals surface area contributed by atoms with Gasteiger partial charge in [0.25, 0.3) is 0 Å². The minimum Gasteiger partial charge on any atom is -0.497 e. The summed E-state index contributed by atoms with van der Waals surface area (Å²) in [6, 6.07) is 16.6. The number of ether oxygens (including phenoxy) is 1. The van der Waals surface area contributed by atoms with Crippen LogP contribution in [0.3, 0.4) is 0 Å². The van der Waals surface area contributed by atoms with Gasteiger partial charge in [0.1, 0.15) is 12.3 Å². The monoisotopic (exact) mass is 437 g/mol. The Morgan fingerprint density at radius 2 is 1.80 bits per heavy atom. The van der Waals surface area contributed by atoms with Gasteiger partial charge in [-0.05, 0) is 31.2 Å². The summed E-state index contributed by atoms with van der Waals surface area (Å²) in [5.41, 5.74) is 3.36. The normalized spacial score (nSPS) is 12.2. The number of rotatable bonds is 3. The van der Waals surface area contributed by atoms with E-state index >= 15 is 0 Å². The maximum Gasteiger partial charge on any atom is 0.673 e. The molecular weight excluding hydrogens is 417 g/mol. The third-order valence-corrected chi connectivity index (χ3v) is 5.57. The summed E-state index contributed by atoms with van der Waals surface area (Å²) in [6.07, 6.45) is 2.11. The van der Waals surface area contributed by atoms with Crippen molar-refractivity contribution in [2.24, 2.45) is 12.0 Å². The number of para-hydroxylation sites is 1. The molecule has 0 N–H and O–H groups in total. The molecule has 0 aliphatic rings. The van der Waals surface area contributed by atoms with Crippen LogP contribution in [0.15, 0.2) is 59.7 Å². The number of fused-ring (bicyclic) bond motifs is 2. The number of methoxy groups -OCH3 is 1. The molecule has 4 aromatic rings. The highest BCUT2D eigenvalue weighted by molar-refractivity contribution is 7.16. The van der Waals surface area contributed by atoms with Crippen LogP contribution in [0.2, 0.25) is 0 Å². The van der Waals surface area contributed by atoms with Crippen molar-refractivity contribution in [1.82, 2.24) is 4.57 Å². The number of benzene rings is 2. The zero-order chi connectivity index (χ0) is 21.9. The Bertz CT molecular complexity index is 1240. The Labute approximate surface area is 174 Å². The summed E-state index contributed by atoms with van der Waals surface area (Å²) in [7, 11) is -2.25. The molecule has 2 aromatic carbocycles. The van der Waals surface area contributed by atoms with Crippen molar-refractivity contribution in [2.45, 2.75) is 13.5 Å². The predicted octanol–water partition coefficient (Wildman–Crippen LogP) is 5.24. The molecule has 158 valence electrons. The van der Waals surface area contributed by atoms with Crippen molar-refractivity contribution >= 4 is 45.4 Å². The van der Waals surface area contributed by atoms with E-state index in [0.29, 0.717) is 0 Å². The highest BCUT2D eigenvalue weighted by atomic mass is 32.1. The lowest BCUT2D eigenvalue weighted by molar-refractivity contribution is -0.667. The van der Waals surface area contributed by atoms with E-state index in [9.17, 15) is 17.3 Å². The van der Waals surface area contributed by atoms with Crippen LogP contribution in [0.1, 0.15) is 6.92 Å². The molecule has 0 spiro atoms. The Kier molecular flexibility index (Phi) is 6.45. The van der Waals surface area contributed by atoms with Gasteiger partial charge in [-0.3, -0.25) is 0 Å². The van der Waals surface area contributed by atoms with Crippen LogP contribution in [-0.2, 0) is 13.6 Å². The van der Waals surface area contributed by atoms with Crippen LogP contribution in [0.4, 0.5) is 23.0 Å². The van der Waals surface area contributed by atoms with Gasteiger partial charge in [0.15, 0.2) is 11.0 Å². The molecule has 0 saturated heterocycles. The van der Waals surface area contributed by atoms with E-state index in [1.807, 2.05) is 6.07 Å². The lowest BCUT2D eigenvalue weighted by atomic mass is 10.2. The average molecular weight is 437 g/mol. The van der Waals surface area contributed by atoms with Gasteiger partial charge in [-0.25, -0.2) is 4.99 Å². The first kappa shape index (κ1) is 21.8. The van der Waals surface area contributed by atoms with Crippen LogP contribution < -0.4 is 14.1 Å². The molecule has 0 atom stereocenters. The summed E-state index contributed by atoms with van der Waals surface area (Å²) in [5, 5.41) is 1.17. The van der Waals surface area contributed by atoms with Gasteiger partial charge in [-0.15, -0.1) is 0 Å². The minimum atomic E-state index is -6.00. The SMILES string of the molecule is CC[n+]1ccc(N=c2sc3cc(OC)ccc3n2C)c2ccccc21.F[B-](F)(F)F. The van der Waals surface area contributed by atoms with Crippen molar-refractivity contribution in [3.63, 3.8) is 0 Å². The molecule has 0 bridgehead atoms. The molecule has 2 heterocycles. The maximum atomic E-state index is 9.75. The number of nitrogens with zero attached hydrogens (tertiary/aromatic N) is 3. The largest absolute Gasteiger partial charge is 0.673 e. The number of pyridine rings is 1. The van der Waals surface area contributed by atoms with Gasteiger partial charge in [0.05, 0.1) is 28.4 Å². The van der Waals surface area contributed by atoms with Crippen molar-refractivity contribution in [3.8, 4) is 5.75 Å². The number of thiazole rings is 1. The molecule has 0 amide bonds. The van der Waals surface area contributed by atoms with Crippen molar-refractivity contribution < 1.29 is 26.6 Å². The number of aromatic nitrogens is 2. The van der Waals surface area contributed by atoms with E-state index in [4.69, 9.17) is 9.73 Å². The molecule has 0 aliphatic carbocycles. The Hall–Kier alpha value is -2.88. The van der Waals surface area contributed by atoms with Crippen LogP contribution >= 0.6 is 11.3 Å². The van der Waals surface area contributed by atoms with E-state index in [-0.39, 0.29) is 0 Å². The first-order valence-electron chi connectivity index (χ1n) is 9.18. The molecule has 2 aromatic heterocycles. The van der Waals surface area contributed by atoms with E-state index in [2.05, 4.69) is 71.8 Å². The quantitative estimate of drug-likeness (QED) is 0.245. The number of hydrogen-bond acceptors (Lipinski definition) is 3. The van der Waals surface area contributed by atoms with Crippen LogP contribution in [0, 0.1) is 0 Å². The van der Waals surface area contributed by atoms with Gasteiger partial charge in [0.2, 0.25) is 5.52 Å². The van der Waals surface area contributed by atoms with Crippen molar-refractivity contribution in [3.05, 3.63) is 59.5 Å². The van der Waals surface area contributed by atoms with Gasteiger partial charge < -0.3 is 26.6 Å². The molecule has 4 nitrogen and oxygen atoms in total. The fourth-order valence-electron chi connectivity index (χ4n) is 3.10. The topological polar surface area (TPSA) is 30.4 Å². The zero-order valence-electron chi connectivity index (χ0n) is 16.7. The Morgan fingerprint density at radius 1 is 1.10 bits per heavy atom. The van der Waals surface area contributed by atoms with Gasteiger partial charge >= 0.3 is 7.25 Å². The first-order valence-corrected chi connectivity index (χ1v) is 9.99. The second-order valence-corrected chi connectivity index (χ2v) is 7.40. The highest BCUT2D eigenvalue weighted by Gasteiger charge is 2.20. The molecule has 10 heteroatoms. The van der Waals surface area contributed by atoms with Crippen LogP contribution in [0.25, 0.3) is 21.1 Å². The van der Waals surface area contributed by atoms with E-state index in [1.165, 1.54) is 15.6 Å². The number of aryl methyl sites for hydroxylation is 2. The minimum absolute atomic E-state index is 0.870. The third kappa shape index (κ3) is 4.99. The standard InChI is InChI=1S/C20H20N3OS.BF4/c1-4-23-12-11-16(15-7-5-6-8-17(15)23)21-20-22(2)18-10-9-14(24-3)13-19(18)25-20;2-1(3,4)5/h5-13H,4H2,1-3H3;/q+1;-1. The summed E-state index contributed by atoms with van der Waals surface area (Å²) in [6.45, 7) is 3.10. The summed E-state index contributed by atoms with van der Waals surface area (Å²) < 4.78 is 49.9. The Balaban J connectivity index is 0.000000461. The molecule has 0 aliphatic heterocycles. The number of halogens is 4. The van der Waals surface area contributed by atoms with Crippen LogP contribution in [-0.4, -0.2) is 18.9 Å². The fraction of sp³-hybridized carbons (Fsp3) is 0.200. The van der Waals surface area contributed by atoms with Gasteiger partial charge in [-0.1, -0.05) is 23.5 Å². The molecule has 0 saturated carbocycles. The number of hydrogen-bond donors (Lipinski definition) is 0. The van der Waals surface area contributed by atoms with Gasteiger partial charge in [0, 0.05) is 19.2 Å². The molecule has 0 unspecified atom stereocenters. The van der Waals surface area contributed by atoms with Crippen LogP contribution in [0.5, 0.6) is 5.75 Å². The summed E-state index contributed by atoms with van der Waals surface area (Å²) in [4.78, 5) is 5.94. The van der Waals surface area contributed by atoms with Crippen molar-refractivity contribution in [2.75, 3.05) is 7.11 Å².